The summed E-state index contributed by atoms with van der Waals surface area (Å²) in [5.41, 5.74) is 0.830. The SMILES string of the molecule is O=C(Cc1ccccn1)NC1CCCNCC1. The largest absolute Gasteiger partial charge is 0.353 e. The van der Waals surface area contributed by atoms with E-state index >= 15 is 0 Å². The van der Waals surface area contributed by atoms with E-state index in [0.717, 1.165) is 38.0 Å². The fraction of sp³-hybridized carbons (Fsp3) is 0.538. The fourth-order valence-electron chi connectivity index (χ4n) is 2.11. The molecule has 0 aromatic carbocycles. The van der Waals surface area contributed by atoms with Crippen molar-refractivity contribution in [3.05, 3.63) is 30.1 Å². The number of nitrogens with zero attached hydrogens (tertiary/aromatic N) is 1. The average molecular weight is 233 g/mol. The summed E-state index contributed by atoms with van der Waals surface area (Å²) >= 11 is 0. The van der Waals surface area contributed by atoms with E-state index in [0.29, 0.717) is 12.5 Å². The molecule has 1 amide bonds. The minimum Gasteiger partial charge on any atom is -0.353 e. The normalized spacial score (nSPS) is 20.6. The first-order valence-corrected chi connectivity index (χ1v) is 6.24. The lowest BCUT2D eigenvalue weighted by Crippen LogP contribution is -2.36. The Kier molecular flexibility index (Phi) is 4.50. The van der Waals surface area contributed by atoms with Gasteiger partial charge >= 0.3 is 0 Å². The van der Waals surface area contributed by atoms with Gasteiger partial charge in [-0.2, -0.15) is 0 Å². The lowest BCUT2D eigenvalue weighted by atomic mass is 10.1. The molecule has 4 heteroatoms. The van der Waals surface area contributed by atoms with Crippen LogP contribution in [0.25, 0.3) is 0 Å². The fourth-order valence-corrected chi connectivity index (χ4v) is 2.11. The predicted molar refractivity (Wildman–Crippen MR) is 66.6 cm³/mol. The van der Waals surface area contributed by atoms with Crippen LogP contribution in [0.3, 0.4) is 0 Å². The predicted octanol–water partition coefficient (Wildman–Crippen LogP) is 0.882. The van der Waals surface area contributed by atoms with Crippen LogP contribution in [-0.4, -0.2) is 30.0 Å². The Balaban J connectivity index is 1.80. The molecule has 1 aromatic heterocycles. The molecule has 0 bridgehead atoms. The Morgan fingerprint density at radius 2 is 2.35 bits per heavy atom. The van der Waals surface area contributed by atoms with Gasteiger partial charge in [0.25, 0.3) is 0 Å². The van der Waals surface area contributed by atoms with Crippen molar-refractivity contribution in [1.29, 1.82) is 0 Å². The highest BCUT2D eigenvalue weighted by atomic mass is 16.1. The molecule has 0 saturated carbocycles. The standard InChI is InChI=1S/C13H19N3O/c17-13(10-12-4-1-2-8-15-12)16-11-5-3-7-14-9-6-11/h1-2,4,8,11,14H,3,5-7,9-10H2,(H,16,17). The Labute approximate surface area is 102 Å². The third-order valence-electron chi connectivity index (χ3n) is 3.01. The first-order chi connectivity index (χ1) is 8.34. The van der Waals surface area contributed by atoms with E-state index in [4.69, 9.17) is 0 Å². The van der Waals surface area contributed by atoms with E-state index in [9.17, 15) is 4.79 Å². The van der Waals surface area contributed by atoms with Gasteiger partial charge in [-0.25, -0.2) is 0 Å². The van der Waals surface area contributed by atoms with Gasteiger partial charge in [0.1, 0.15) is 0 Å². The van der Waals surface area contributed by atoms with Gasteiger partial charge in [-0.1, -0.05) is 6.07 Å². The number of carbonyl (C=O) groups is 1. The van der Waals surface area contributed by atoms with Crippen molar-refractivity contribution in [2.45, 2.75) is 31.7 Å². The van der Waals surface area contributed by atoms with Crippen molar-refractivity contribution < 1.29 is 4.79 Å². The molecule has 2 N–H and O–H groups in total. The van der Waals surface area contributed by atoms with Gasteiger partial charge in [0, 0.05) is 17.9 Å². The van der Waals surface area contributed by atoms with Crippen molar-refractivity contribution >= 4 is 5.91 Å². The number of hydrogen-bond acceptors (Lipinski definition) is 3. The van der Waals surface area contributed by atoms with E-state index in [2.05, 4.69) is 15.6 Å². The van der Waals surface area contributed by atoms with E-state index < -0.39 is 0 Å². The smallest absolute Gasteiger partial charge is 0.226 e. The number of aromatic nitrogens is 1. The molecule has 4 nitrogen and oxygen atoms in total. The summed E-state index contributed by atoms with van der Waals surface area (Å²) in [7, 11) is 0. The van der Waals surface area contributed by atoms with Gasteiger partial charge in [-0.05, 0) is 44.5 Å². The average Bonchev–Trinajstić information content (AvgIpc) is 2.59. The molecule has 17 heavy (non-hydrogen) atoms. The van der Waals surface area contributed by atoms with Gasteiger partial charge in [-0.15, -0.1) is 0 Å². The van der Waals surface area contributed by atoms with Crippen LogP contribution < -0.4 is 10.6 Å². The number of pyridine rings is 1. The first-order valence-electron chi connectivity index (χ1n) is 6.24. The second kappa shape index (κ2) is 6.35. The summed E-state index contributed by atoms with van der Waals surface area (Å²) in [6, 6.07) is 5.97. The van der Waals surface area contributed by atoms with E-state index in [1.165, 1.54) is 0 Å². The summed E-state index contributed by atoms with van der Waals surface area (Å²) in [4.78, 5) is 16.0. The zero-order valence-corrected chi connectivity index (χ0v) is 9.98. The Morgan fingerprint density at radius 1 is 1.41 bits per heavy atom. The molecule has 2 rings (SSSR count). The molecular formula is C13H19N3O. The van der Waals surface area contributed by atoms with Crippen LogP contribution in [-0.2, 0) is 11.2 Å². The highest BCUT2D eigenvalue weighted by Crippen LogP contribution is 2.05. The lowest BCUT2D eigenvalue weighted by Gasteiger charge is -2.15. The van der Waals surface area contributed by atoms with Gasteiger partial charge < -0.3 is 10.6 Å². The number of rotatable bonds is 3. The number of hydrogen-bond donors (Lipinski definition) is 2. The molecule has 1 unspecified atom stereocenters. The molecule has 1 atom stereocenters. The molecule has 1 fully saturated rings. The molecule has 92 valence electrons. The highest BCUT2D eigenvalue weighted by Gasteiger charge is 2.14. The van der Waals surface area contributed by atoms with Gasteiger partial charge in [-0.3, -0.25) is 9.78 Å². The number of carbonyl (C=O) groups excluding carboxylic acids is 1. The topological polar surface area (TPSA) is 54.0 Å². The Morgan fingerprint density at radius 3 is 3.18 bits per heavy atom. The minimum atomic E-state index is 0.0793. The second-order valence-corrected chi connectivity index (χ2v) is 4.44. The molecule has 0 spiro atoms. The molecule has 2 heterocycles. The number of nitrogens with one attached hydrogen (secondary N) is 2. The summed E-state index contributed by atoms with van der Waals surface area (Å²) in [6.45, 7) is 2.06. The van der Waals surface area contributed by atoms with Crippen molar-refractivity contribution in [2.75, 3.05) is 13.1 Å². The van der Waals surface area contributed by atoms with E-state index in [1.54, 1.807) is 6.20 Å². The minimum absolute atomic E-state index is 0.0793. The molecule has 0 radical (unpaired) electrons. The van der Waals surface area contributed by atoms with Crippen LogP contribution in [0.15, 0.2) is 24.4 Å². The molecule has 0 aliphatic carbocycles. The molecular weight excluding hydrogens is 214 g/mol. The maximum Gasteiger partial charge on any atom is 0.226 e. The summed E-state index contributed by atoms with van der Waals surface area (Å²) < 4.78 is 0. The van der Waals surface area contributed by atoms with Crippen LogP contribution in [0.1, 0.15) is 25.0 Å². The molecule has 1 aromatic rings. The van der Waals surface area contributed by atoms with Crippen LogP contribution in [0.4, 0.5) is 0 Å². The van der Waals surface area contributed by atoms with Gasteiger partial charge in [0.15, 0.2) is 0 Å². The maximum absolute atomic E-state index is 11.8. The first kappa shape index (κ1) is 12.0. The van der Waals surface area contributed by atoms with Crippen LogP contribution in [0, 0.1) is 0 Å². The highest BCUT2D eigenvalue weighted by molar-refractivity contribution is 5.78. The third-order valence-corrected chi connectivity index (χ3v) is 3.01. The van der Waals surface area contributed by atoms with E-state index in [-0.39, 0.29) is 5.91 Å². The summed E-state index contributed by atoms with van der Waals surface area (Å²) in [6.07, 6.45) is 5.33. The summed E-state index contributed by atoms with van der Waals surface area (Å²) in [5.74, 6) is 0.0793. The van der Waals surface area contributed by atoms with Gasteiger partial charge in [0.2, 0.25) is 5.91 Å². The maximum atomic E-state index is 11.8. The lowest BCUT2D eigenvalue weighted by molar-refractivity contribution is -0.121. The van der Waals surface area contributed by atoms with Crippen LogP contribution in [0.5, 0.6) is 0 Å². The van der Waals surface area contributed by atoms with Crippen molar-refractivity contribution in [3.63, 3.8) is 0 Å². The second-order valence-electron chi connectivity index (χ2n) is 4.44. The van der Waals surface area contributed by atoms with Crippen molar-refractivity contribution in [3.8, 4) is 0 Å². The molecule has 1 aliphatic rings. The summed E-state index contributed by atoms with van der Waals surface area (Å²) in [5, 5.41) is 6.42. The number of amides is 1. The van der Waals surface area contributed by atoms with Crippen LogP contribution in [0.2, 0.25) is 0 Å². The quantitative estimate of drug-likeness (QED) is 0.815. The molecule has 1 aliphatic heterocycles. The van der Waals surface area contributed by atoms with E-state index in [1.807, 2.05) is 18.2 Å². The zero-order valence-electron chi connectivity index (χ0n) is 9.98. The van der Waals surface area contributed by atoms with Gasteiger partial charge in [0.05, 0.1) is 6.42 Å². The van der Waals surface area contributed by atoms with Crippen molar-refractivity contribution in [2.24, 2.45) is 0 Å². The Hall–Kier alpha value is -1.42. The monoisotopic (exact) mass is 233 g/mol. The third kappa shape index (κ3) is 4.15. The molecule has 1 saturated heterocycles. The zero-order chi connectivity index (χ0) is 11.9. The van der Waals surface area contributed by atoms with Crippen LogP contribution >= 0.6 is 0 Å². The Bertz CT molecular complexity index is 345. The van der Waals surface area contributed by atoms with Crippen molar-refractivity contribution in [1.82, 2.24) is 15.6 Å².